The molecule has 2 heterocycles. The molecule has 1 aliphatic rings. The second kappa shape index (κ2) is 7.68. The van der Waals surface area contributed by atoms with E-state index < -0.39 is 27.3 Å². The van der Waals surface area contributed by atoms with Crippen LogP contribution in [0.25, 0.3) is 10.2 Å². The zero-order valence-electron chi connectivity index (χ0n) is 15.2. The predicted molar refractivity (Wildman–Crippen MR) is 107 cm³/mol. The summed E-state index contributed by atoms with van der Waals surface area (Å²) in [5, 5.41) is 0.677. The number of hydrogen-bond acceptors (Lipinski definition) is 6. The summed E-state index contributed by atoms with van der Waals surface area (Å²) in [5.74, 6) is -2.07. The van der Waals surface area contributed by atoms with E-state index in [0.29, 0.717) is 36.8 Å². The Bertz CT molecular complexity index is 1160. The molecule has 0 bridgehead atoms. The Labute approximate surface area is 170 Å². The fourth-order valence-electron chi connectivity index (χ4n) is 3.16. The fraction of sp³-hybridized carbons (Fsp3) is 0.263. The number of sulfone groups is 1. The van der Waals surface area contributed by atoms with Crippen LogP contribution in [0.2, 0.25) is 0 Å². The summed E-state index contributed by atoms with van der Waals surface area (Å²) in [6, 6.07) is 9.22. The van der Waals surface area contributed by atoms with Gasteiger partial charge in [0.2, 0.25) is 5.91 Å². The summed E-state index contributed by atoms with van der Waals surface area (Å²) in [6.07, 6.45) is 0. The standard InChI is InChI=1S/C19H17F2N3O3S2/c20-13-4-6-14(7-5-13)29(26,27)12-17(25)23-8-10-24(11-9-23)19-22-18-15(21)2-1-3-16(18)28-19/h1-7H,8-12H2. The van der Waals surface area contributed by atoms with Crippen molar-refractivity contribution >= 4 is 42.4 Å². The van der Waals surface area contributed by atoms with E-state index >= 15 is 0 Å². The maximum absolute atomic E-state index is 13.8. The van der Waals surface area contributed by atoms with Gasteiger partial charge in [-0.3, -0.25) is 4.79 Å². The van der Waals surface area contributed by atoms with E-state index in [1.807, 2.05) is 4.90 Å². The first-order valence-corrected chi connectivity index (χ1v) is 11.4. The van der Waals surface area contributed by atoms with Gasteiger partial charge in [0.1, 0.15) is 22.9 Å². The highest BCUT2D eigenvalue weighted by Crippen LogP contribution is 2.30. The molecular formula is C19H17F2N3O3S2. The normalized spacial score (nSPS) is 15.1. The molecule has 4 rings (SSSR count). The monoisotopic (exact) mass is 437 g/mol. The van der Waals surface area contributed by atoms with E-state index in [4.69, 9.17) is 0 Å². The number of para-hydroxylation sites is 1. The number of carbonyl (C=O) groups is 1. The van der Waals surface area contributed by atoms with Gasteiger partial charge in [0.05, 0.1) is 9.60 Å². The van der Waals surface area contributed by atoms with Crippen molar-refractivity contribution in [2.45, 2.75) is 4.90 Å². The molecule has 1 aliphatic heterocycles. The van der Waals surface area contributed by atoms with E-state index in [2.05, 4.69) is 4.98 Å². The first-order chi connectivity index (χ1) is 13.8. The number of halogens is 2. The number of thiazole rings is 1. The first-order valence-electron chi connectivity index (χ1n) is 8.89. The van der Waals surface area contributed by atoms with Gasteiger partial charge in [-0.15, -0.1) is 0 Å². The molecule has 0 radical (unpaired) electrons. The molecule has 29 heavy (non-hydrogen) atoms. The molecule has 6 nitrogen and oxygen atoms in total. The van der Waals surface area contributed by atoms with E-state index in [1.54, 1.807) is 12.1 Å². The molecule has 1 saturated heterocycles. The van der Waals surface area contributed by atoms with Crippen molar-refractivity contribution in [1.82, 2.24) is 9.88 Å². The number of benzene rings is 2. The lowest BCUT2D eigenvalue weighted by atomic mass is 10.3. The molecule has 152 valence electrons. The van der Waals surface area contributed by atoms with Crippen molar-refractivity contribution in [3.05, 3.63) is 54.1 Å². The molecule has 2 aromatic carbocycles. The number of anilines is 1. The van der Waals surface area contributed by atoms with Gasteiger partial charge in [0.25, 0.3) is 0 Å². The number of piperazine rings is 1. The summed E-state index contributed by atoms with van der Waals surface area (Å²) in [7, 11) is -3.84. The predicted octanol–water partition coefficient (Wildman–Crippen LogP) is 2.70. The Hall–Kier alpha value is -2.59. The smallest absolute Gasteiger partial charge is 0.238 e. The third kappa shape index (κ3) is 4.08. The van der Waals surface area contributed by atoms with E-state index in [1.165, 1.54) is 22.3 Å². The highest BCUT2D eigenvalue weighted by atomic mass is 32.2. The molecule has 1 amide bonds. The average molecular weight is 437 g/mol. The third-order valence-corrected chi connectivity index (χ3v) is 7.45. The van der Waals surface area contributed by atoms with Gasteiger partial charge in [-0.2, -0.15) is 0 Å². The summed E-state index contributed by atoms with van der Waals surface area (Å²) < 4.78 is 52.4. The van der Waals surface area contributed by atoms with Crippen LogP contribution in [0.3, 0.4) is 0 Å². The van der Waals surface area contributed by atoms with Crippen molar-refractivity contribution in [3.63, 3.8) is 0 Å². The van der Waals surface area contributed by atoms with Crippen LogP contribution in [-0.2, 0) is 14.6 Å². The minimum Gasteiger partial charge on any atom is -0.345 e. The van der Waals surface area contributed by atoms with Crippen LogP contribution in [0.5, 0.6) is 0 Å². The van der Waals surface area contributed by atoms with Crippen molar-refractivity contribution in [2.24, 2.45) is 0 Å². The number of aromatic nitrogens is 1. The minimum atomic E-state index is -3.84. The maximum Gasteiger partial charge on any atom is 0.238 e. The second-order valence-electron chi connectivity index (χ2n) is 6.66. The van der Waals surface area contributed by atoms with Gasteiger partial charge < -0.3 is 9.80 Å². The zero-order chi connectivity index (χ0) is 20.6. The van der Waals surface area contributed by atoms with Crippen LogP contribution in [0.4, 0.5) is 13.9 Å². The van der Waals surface area contributed by atoms with Gasteiger partial charge in [0, 0.05) is 26.2 Å². The van der Waals surface area contributed by atoms with Gasteiger partial charge in [-0.05, 0) is 36.4 Å². The second-order valence-corrected chi connectivity index (χ2v) is 9.66. The van der Waals surface area contributed by atoms with Crippen LogP contribution in [0.1, 0.15) is 0 Å². The topological polar surface area (TPSA) is 70.6 Å². The van der Waals surface area contributed by atoms with Crippen LogP contribution in [0, 0.1) is 11.6 Å². The molecule has 1 aromatic heterocycles. The molecule has 10 heteroatoms. The molecule has 0 aliphatic carbocycles. The highest BCUT2D eigenvalue weighted by molar-refractivity contribution is 7.92. The summed E-state index contributed by atoms with van der Waals surface area (Å²) >= 11 is 1.38. The number of rotatable bonds is 4. The van der Waals surface area contributed by atoms with Crippen LogP contribution >= 0.6 is 11.3 Å². The number of carbonyl (C=O) groups excluding carboxylic acids is 1. The third-order valence-electron chi connectivity index (χ3n) is 4.75. The van der Waals surface area contributed by atoms with Crippen molar-refractivity contribution in [3.8, 4) is 0 Å². The lowest BCUT2D eigenvalue weighted by Gasteiger charge is -2.34. The minimum absolute atomic E-state index is 0.0811. The average Bonchev–Trinajstić information content (AvgIpc) is 3.14. The number of fused-ring (bicyclic) bond motifs is 1. The van der Waals surface area contributed by atoms with Crippen molar-refractivity contribution in [2.75, 3.05) is 36.8 Å². The van der Waals surface area contributed by atoms with E-state index in [9.17, 15) is 22.0 Å². The molecule has 0 saturated carbocycles. The Kier molecular flexibility index (Phi) is 5.22. The Morgan fingerprint density at radius 3 is 2.38 bits per heavy atom. The van der Waals surface area contributed by atoms with Gasteiger partial charge in [-0.25, -0.2) is 22.2 Å². The molecule has 0 N–H and O–H groups in total. The van der Waals surface area contributed by atoms with E-state index in [-0.39, 0.29) is 10.7 Å². The SMILES string of the molecule is O=C(CS(=O)(=O)c1ccc(F)cc1)N1CCN(c2nc3c(F)cccc3s2)CC1. The van der Waals surface area contributed by atoms with Crippen LogP contribution in [0.15, 0.2) is 47.4 Å². The first kappa shape index (κ1) is 19.7. The highest BCUT2D eigenvalue weighted by Gasteiger charge is 2.27. The zero-order valence-corrected chi connectivity index (χ0v) is 16.8. The molecule has 0 atom stereocenters. The Morgan fingerprint density at radius 1 is 1.03 bits per heavy atom. The lowest BCUT2D eigenvalue weighted by Crippen LogP contribution is -2.50. The summed E-state index contributed by atoms with van der Waals surface area (Å²) in [5.41, 5.74) is 0.330. The van der Waals surface area contributed by atoms with Crippen LogP contribution < -0.4 is 4.90 Å². The summed E-state index contributed by atoms with van der Waals surface area (Å²) in [6.45, 7) is 1.64. The number of nitrogens with zero attached hydrogens (tertiary/aromatic N) is 3. The van der Waals surface area contributed by atoms with Gasteiger partial charge in [-0.1, -0.05) is 17.4 Å². The maximum atomic E-state index is 13.8. The molecule has 0 unspecified atom stereocenters. The molecular weight excluding hydrogens is 420 g/mol. The Balaban J connectivity index is 1.40. The quantitative estimate of drug-likeness (QED) is 0.587. The lowest BCUT2D eigenvalue weighted by molar-refractivity contribution is -0.128. The fourth-order valence-corrected chi connectivity index (χ4v) is 5.42. The van der Waals surface area contributed by atoms with Crippen molar-refractivity contribution in [1.29, 1.82) is 0 Å². The Morgan fingerprint density at radius 2 is 1.72 bits per heavy atom. The molecule has 0 spiro atoms. The van der Waals surface area contributed by atoms with Crippen LogP contribution in [-0.4, -0.2) is 56.1 Å². The van der Waals surface area contributed by atoms with E-state index in [0.717, 1.165) is 29.0 Å². The largest absolute Gasteiger partial charge is 0.345 e. The van der Waals surface area contributed by atoms with Crippen molar-refractivity contribution < 1.29 is 22.0 Å². The molecule has 1 fully saturated rings. The summed E-state index contributed by atoms with van der Waals surface area (Å²) in [4.78, 5) is 20.2. The number of hydrogen-bond donors (Lipinski definition) is 0. The molecule has 3 aromatic rings. The number of amides is 1. The van der Waals surface area contributed by atoms with Gasteiger partial charge in [0.15, 0.2) is 15.0 Å². The van der Waals surface area contributed by atoms with Gasteiger partial charge >= 0.3 is 0 Å².